The summed E-state index contributed by atoms with van der Waals surface area (Å²) in [6.07, 6.45) is 0.965. The number of hydrogen-bond donors (Lipinski definition) is 3. The zero-order valence-electron chi connectivity index (χ0n) is 21.3. The predicted octanol–water partition coefficient (Wildman–Crippen LogP) is 7.53. The summed E-state index contributed by atoms with van der Waals surface area (Å²) >= 11 is 0. The van der Waals surface area contributed by atoms with Crippen LogP contribution in [0.1, 0.15) is 84.1 Å². The van der Waals surface area contributed by atoms with Crippen LogP contribution in [-0.2, 0) is 10.8 Å². The lowest BCUT2D eigenvalue weighted by Crippen LogP contribution is -2.26. The molecule has 0 heterocycles. The lowest BCUT2D eigenvalue weighted by molar-refractivity contribution is 0.450. The van der Waals surface area contributed by atoms with Crippen molar-refractivity contribution >= 4 is 17.1 Å². The van der Waals surface area contributed by atoms with E-state index in [9.17, 15) is 0 Å². The van der Waals surface area contributed by atoms with E-state index in [1.807, 2.05) is 71.9 Å². The first-order valence-corrected chi connectivity index (χ1v) is 12.0. The minimum atomic E-state index is -0.130. The van der Waals surface area contributed by atoms with Crippen LogP contribution in [0.2, 0.25) is 0 Å². The van der Waals surface area contributed by atoms with Gasteiger partial charge in [-0.3, -0.25) is 0 Å². The van der Waals surface area contributed by atoms with Crippen LogP contribution >= 0.6 is 0 Å². The topological polar surface area (TPSA) is 78.1 Å². The number of rotatable bonds is 2. The molecule has 0 radical (unpaired) electrons. The van der Waals surface area contributed by atoms with Crippen LogP contribution < -0.4 is 17.2 Å². The molecule has 1 aliphatic carbocycles. The Bertz CT molecular complexity index is 961. The molecule has 0 saturated carbocycles. The molecular formula is C29H43N3. The standard InChI is InChI=1S/C23H25N3.3C2H6/c1-22(15-3-7-17(24)8-4-15)14-23(2,16-5-9-18(25)10-6-16)21-13-19(26)11-12-20(21)22;3*1-2/h3-13H,14,24-26H2,1-2H3;3*1-2H3. The van der Waals surface area contributed by atoms with E-state index in [-0.39, 0.29) is 10.8 Å². The third-order valence-electron chi connectivity index (χ3n) is 6.04. The lowest BCUT2D eigenvalue weighted by Gasteiger charge is -2.31. The van der Waals surface area contributed by atoms with Crippen molar-refractivity contribution < 1.29 is 0 Å². The van der Waals surface area contributed by atoms with Gasteiger partial charge in [0.15, 0.2) is 0 Å². The molecule has 0 fully saturated rings. The Morgan fingerprint density at radius 2 is 0.844 bits per heavy atom. The third kappa shape index (κ3) is 5.09. The summed E-state index contributed by atoms with van der Waals surface area (Å²) < 4.78 is 0. The van der Waals surface area contributed by atoms with E-state index in [1.165, 1.54) is 22.3 Å². The van der Waals surface area contributed by atoms with Gasteiger partial charge in [0.2, 0.25) is 0 Å². The van der Waals surface area contributed by atoms with Gasteiger partial charge in [-0.1, -0.05) is 85.7 Å². The van der Waals surface area contributed by atoms with Crippen LogP contribution in [0.15, 0.2) is 66.7 Å². The molecule has 3 nitrogen and oxygen atoms in total. The van der Waals surface area contributed by atoms with Gasteiger partial charge >= 0.3 is 0 Å². The predicted molar refractivity (Wildman–Crippen MR) is 144 cm³/mol. The average molecular weight is 434 g/mol. The highest BCUT2D eigenvalue weighted by atomic mass is 14.6. The summed E-state index contributed by atoms with van der Waals surface area (Å²) in [7, 11) is 0. The van der Waals surface area contributed by atoms with Crippen LogP contribution in [0, 0.1) is 0 Å². The highest BCUT2D eigenvalue weighted by molar-refractivity contribution is 5.61. The Morgan fingerprint density at radius 3 is 1.25 bits per heavy atom. The highest BCUT2D eigenvalue weighted by Gasteiger charge is 2.48. The molecule has 32 heavy (non-hydrogen) atoms. The molecule has 3 aromatic carbocycles. The zero-order valence-corrected chi connectivity index (χ0v) is 21.3. The van der Waals surface area contributed by atoms with E-state index in [0.717, 1.165) is 23.5 Å². The summed E-state index contributed by atoms with van der Waals surface area (Å²) in [5.41, 5.74) is 25.3. The number of benzene rings is 3. The molecule has 2 unspecified atom stereocenters. The van der Waals surface area contributed by atoms with Gasteiger partial charge in [0.05, 0.1) is 0 Å². The Morgan fingerprint density at radius 1 is 0.500 bits per heavy atom. The first kappa shape index (κ1) is 27.1. The average Bonchev–Trinajstić information content (AvgIpc) is 3.06. The monoisotopic (exact) mass is 433 g/mol. The quantitative estimate of drug-likeness (QED) is 0.365. The summed E-state index contributed by atoms with van der Waals surface area (Å²) in [5.74, 6) is 0. The van der Waals surface area contributed by atoms with Crippen LogP contribution in [0.25, 0.3) is 0 Å². The second kappa shape index (κ2) is 11.6. The third-order valence-corrected chi connectivity index (χ3v) is 6.04. The Hall–Kier alpha value is -2.94. The summed E-state index contributed by atoms with van der Waals surface area (Å²) in [6.45, 7) is 16.6. The van der Waals surface area contributed by atoms with Crippen LogP contribution in [-0.4, -0.2) is 0 Å². The maximum Gasteiger partial charge on any atom is 0.0317 e. The van der Waals surface area contributed by atoms with Gasteiger partial charge in [-0.05, 0) is 65.1 Å². The molecule has 4 rings (SSSR count). The molecule has 0 aromatic heterocycles. The normalized spacial score (nSPS) is 20.4. The van der Waals surface area contributed by atoms with E-state index in [2.05, 4.69) is 50.2 Å². The van der Waals surface area contributed by atoms with E-state index in [1.54, 1.807) is 0 Å². The molecule has 6 N–H and O–H groups in total. The molecule has 3 heteroatoms. The van der Waals surface area contributed by atoms with Crippen molar-refractivity contribution in [3.63, 3.8) is 0 Å². The molecule has 0 amide bonds. The molecule has 3 aromatic rings. The highest BCUT2D eigenvalue weighted by Crippen LogP contribution is 2.56. The van der Waals surface area contributed by atoms with Crippen molar-refractivity contribution in [3.05, 3.63) is 89.0 Å². The molecule has 0 bridgehead atoms. The Balaban J connectivity index is 0.000000789. The van der Waals surface area contributed by atoms with Gasteiger partial charge in [-0.2, -0.15) is 0 Å². The van der Waals surface area contributed by atoms with E-state index in [4.69, 9.17) is 17.2 Å². The zero-order chi connectivity index (χ0) is 24.5. The van der Waals surface area contributed by atoms with Crippen molar-refractivity contribution in [2.75, 3.05) is 17.2 Å². The molecule has 1 aliphatic rings. The first-order valence-electron chi connectivity index (χ1n) is 12.0. The second-order valence-corrected chi connectivity index (χ2v) is 7.89. The van der Waals surface area contributed by atoms with Crippen molar-refractivity contribution in [3.8, 4) is 0 Å². The molecule has 174 valence electrons. The molecule has 0 aliphatic heterocycles. The molecule has 0 saturated heterocycles. The van der Waals surface area contributed by atoms with Crippen molar-refractivity contribution in [1.82, 2.24) is 0 Å². The Kier molecular flexibility index (Phi) is 9.83. The number of hydrogen-bond acceptors (Lipinski definition) is 3. The summed E-state index contributed by atoms with van der Waals surface area (Å²) in [4.78, 5) is 0. The van der Waals surface area contributed by atoms with E-state index < -0.39 is 0 Å². The summed E-state index contributed by atoms with van der Waals surface area (Å²) in [5, 5.41) is 0. The fourth-order valence-corrected chi connectivity index (χ4v) is 4.61. The van der Waals surface area contributed by atoms with Gasteiger partial charge < -0.3 is 17.2 Å². The van der Waals surface area contributed by atoms with Crippen LogP contribution in [0.4, 0.5) is 17.1 Å². The minimum absolute atomic E-state index is 0.104. The number of nitrogens with two attached hydrogens (primary N) is 3. The first-order chi connectivity index (χ1) is 15.3. The van der Waals surface area contributed by atoms with Crippen LogP contribution in [0.5, 0.6) is 0 Å². The molecular weight excluding hydrogens is 390 g/mol. The van der Waals surface area contributed by atoms with Gasteiger partial charge in [0.1, 0.15) is 0 Å². The second-order valence-electron chi connectivity index (χ2n) is 7.89. The van der Waals surface area contributed by atoms with Crippen molar-refractivity contribution in [1.29, 1.82) is 0 Å². The fourth-order valence-electron chi connectivity index (χ4n) is 4.61. The molecule has 0 spiro atoms. The van der Waals surface area contributed by atoms with E-state index in [0.29, 0.717) is 0 Å². The number of nitrogen functional groups attached to an aromatic ring is 3. The van der Waals surface area contributed by atoms with Crippen LogP contribution in [0.3, 0.4) is 0 Å². The molecule has 2 atom stereocenters. The SMILES string of the molecule is CC.CC.CC.CC1(c2ccc(N)cc2)CC(C)(c2ccc(N)cc2)c2cc(N)ccc21. The smallest absolute Gasteiger partial charge is 0.0317 e. The van der Waals surface area contributed by atoms with Gasteiger partial charge in [0.25, 0.3) is 0 Å². The lowest BCUT2D eigenvalue weighted by atomic mass is 9.72. The fraction of sp³-hybridized carbons (Fsp3) is 0.379. The summed E-state index contributed by atoms with van der Waals surface area (Å²) in [6, 6.07) is 22.8. The minimum Gasteiger partial charge on any atom is -0.399 e. The van der Waals surface area contributed by atoms with Crippen molar-refractivity contribution in [2.45, 2.75) is 72.6 Å². The maximum absolute atomic E-state index is 6.16. The van der Waals surface area contributed by atoms with Crippen molar-refractivity contribution in [2.24, 2.45) is 0 Å². The number of anilines is 3. The van der Waals surface area contributed by atoms with Gasteiger partial charge in [-0.25, -0.2) is 0 Å². The van der Waals surface area contributed by atoms with E-state index >= 15 is 0 Å². The van der Waals surface area contributed by atoms with Gasteiger partial charge in [-0.15, -0.1) is 0 Å². The van der Waals surface area contributed by atoms with Gasteiger partial charge in [0, 0.05) is 27.9 Å². The number of fused-ring (bicyclic) bond motifs is 1. The Labute approximate surface area is 196 Å². The largest absolute Gasteiger partial charge is 0.399 e. The maximum atomic E-state index is 6.16.